The Morgan fingerprint density at radius 2 is 1.82 bits per heavy atom. The second-order valence-electron chi connectivity index (χ2n) is 5.89. The van der Waals surface area contributed by atoms with Crippen LogP contribution < -0.4 is 0 Å². The van der Waals surface area contributed by atoms with Gasteiger partial charge in [-0.05, 0) is 72.2 Å². The molecule has 0 heterocycles. The van der Waals surface area contributed by atoms with Crippen molar-refractivity contribution in [3.8, 4) is 29.2 Å². The predicted molar refractivity (Wildman–Crippen MR) is 92.1 cm³/mol. The van der Waals surface area contributed by atoms with Crippen molar-refractivity contribution in [2.24, 2.45) is 0 Å². The summed E-state index contributed by atoms with van der Waals surface area (Å²) in [5, 5.41) is 9.91. The van der Waals surface area contributed by atoms with Crippen LogP contribution in [0.3, 0.4) is 0 Å². The van der Waals surface area contributed by atoms with Crippen molar-refractivity contribution in [3.63, 3.8) is 0 Å². The molecule has 2 aromatic carbocycles. The monoisotopic (exact) mass is 310 g/mol. The van der Waals surface area contributed by atoms with Gasteiger partial charge in [-0.1, -0.05) is 24.1 Å². The minimum atomic E-state index is -0.603. The summed E-state index contributed by atoms with van der Waals surface area (Å²) in [7, 11) is 0. The van der Waals surface area contributed by atoms with Crippen LogP contribution in [-0.4, -0.2) is 9.66 Å². The molecule has 2 aromatic rings. The first-order valence-corrected chi connectivity index (χ1v) is 8.02. The summed E-state index contributed by atoms with van der Waals surface area (Å²) >= 11 is 0.762. The molecule has 2 nitrogen and oxygen atoms in total. The van der Waals surface area contributed by atoms with Crippen LogP contribution in [0.2, 0.25) is 0 Å². The number of hydrogen-bond acceptors (Lipinski definition) is 3. The van der Waals surface area contributed by atoms with Gasteiger partial charge in [0.15, 0.2) is 0 Å². The first kappa shape index (κ1) is 15.0. The maximum Gasteiger partial charge on any atom is 0.127 e. The Morgan fingerprint density at radius 3 is 2.41 bits per heavy atom. The van der Waals surface area contributed by atoms with E-state index in [0.29, 0.717) is 5.75 Å². The van der Waals surface area contributed by atoms with E-state index in [1.54, 1.807) is 0 Å². The summed E-state index contributed by atoms with van der Waals surface area (Å²) in [5.74, 6) is 3.10. The zero-order chi connectivity index (χ0) is 15.9. The molecule has 0 saturated heterocycles. The average Bonchev–Trinajstić information content (AvgIpc) is 2.90. The van der Waals surface area contributed by atoms with Gasteiger partial charge in [0.05, 0.1) is 0 Å². The Hall–Kier alpha value is -1.89. The van der Waals surface area contributed by atoms with Gasteiger partial charge in [-0.25, -0.2) is 0 Å². The highest BCUT2D eigenvalue weighted by molar-refractivity contribution is 7.95. The zero-order valence-corrected chi connectivity index (χ0v) is 13.5. The molecule has 1 unspecified atom stereocenters. The van der Waals surface area contributed by atoms with E-state index in [4.69, 9.17) is 6.42 Å². The normalized spacial score (nSPS) is 19.7. The molecule has 0 saturated carbocycles. The fourth-order valence-electron chi connectivity index (χ4n) is 3.21. The van der Waals surface area contributed by atoms with Crippen LogP contribution in [0.5, 0.6) is 5.75 Å². The van der Waals surface area contributed by atoms with E-state index in [1.807, 2.05) is 38.1 Å². The highest BCUT2D eigenvalue weighted by Crippen LogP contribution is 2.46. The number of benzene rings is 2. The third-order valence-corrected chi connectivity index (χ3v) is 5.35. The Kier molecular flexibility index (Phi) is 3.68. The van der Waals surface area contributed by atoms with Gasteiger partial charge in [-0.3, -0.25) is 0 Å². The smallest absolute Gasteiger partial charge is 0.127 e. The molecule has 0 fully saturated rings. The Morgan fingerprint density at radius 1 is 1.14 bits per heavy atom. The number of phenols is 1. The Balaban J connectivity index is 2.09. The molecule has 22 heavy (non-hydrogen) atoms. The highest BCUT2D eigenvalue weighted by Gasteiger charge is 2.38. The van der Waals surface area contributed by atoms with Gasteiger partial charge in [0.25, 0.3) is 0 Å². The summed E-state index contributed by atoms with van der Waals surface area (Å²) in [5.41, 5.74) is 6.18. The van der Waals surface area contributed by atoms with E-state index in [1.165, 1.54) is 5.56 Å². The van der Waals surface area contributed by atoms with Crippen molar-refractivity contribution in [2.75, 3.05) is 0 Å². The predicted octanol–water partition coefficient (Wildman–Crippen LogP) is 4.66. The van der Waals surface area contributed by atoms with Crippen LogP contribution in [0.25, 0.3) is 11.1 Å². The largest absolute Gasteiger partial charge is 0.507 e. The second kappa shape index (κ2) is 5.39. The van der Waals surface area contributed by atoms with Gasteiger partial charge in [-0.2, -0.15) is 0 Å². The molecule has 0 aliphatic heterocycles. The van der Waals surface area contributed by atoms with Crippen molar-refractivity contribution in [2.45, 2.75) is 31.4 Å². The van der Waals surface area contributed by atoms with Crippen molar-refractivity contribution in [1.29, 1.82) is 0 Å². The van der Waals surface area contributed by atoms with Crippen LogP contribution in [0.1, 0.15) is 28.7 Å². The van der Waals surface area contributed by atoms with Gasteiger partial charge in [-0.15, -0.1) is 6.42 Å². The quantitative estimate of drug-likeness (QED) is 0.626. The van der Waals surface area contributed by atoms with Crippen LogP contribution in [0.4, 0.5) is 0 Å². The molecule has 0 bridgehead atoms. The topological polar surface area (TPSA) is 40.5 Å². The molecule has 2 N–H and O–H groups in total. The third kappa shape index (κ3) is 2.20. The van der Waals surface area contributed by atoms with Crippen molar-refractivity contribution < 1.29 is 9.66 Å². The summed E-state index contributed by atoms with van der Waals surface area (Å²) in [6.07, 6.45) is 7.27. The van der Waals surface area contributed by atoms with Crippen LogP contribution in [0, 0.1) is 26.2 Å². The third-order valence-electron chi connectivity index (χ3n) is 4.50. The van der Waals surface area contributed by atoms with Gasteiger partial charge in [0.1, 0.15) is 10.5 Å². The van der Waals surface area contributed by atoms with Gasteiger partial charge in [0.2, 0.25) is 0 Å². The van der Waals surface area contributed by atoms with Gasteiger partial charge >= 0.3 is 0 Å². The Bertz CT molecular complexity index is 766. The minimum Gasteiger partial charge on any atom is -0.507 e. The van der Waals surface area contributed by atoms with Crippen LogP contribution >= 0.6 is 12.0 Å². The molecule has 3 heteroatoms. The lowest BCUT2D eigenvalue weighted by molar-refractivity contribution is 0.467. The Labute approximate surface area is 135 Å². The van der Waals surface area contributed by atoms with Gasteiger partial charge in [0, 0.05) is 12.0 Å². The summed E-state index contributed by atoms with van der Waals surface area (Å²) in [6.45, 7) is 3.82. The molecule has 112 valence electrons. The molecule has 0 spiro atoms. The first-order chi connectivity index (χ1) is 10.5. The van der Waals surface area contributed by atoms with E-state index in [0.717, 1.165) is 52.7 Å². The lowest BCUT2D eigenvalue weighted by atomic mass is 9.95. The molecular formula is C19H18O2S. The molecule has 1 aliphatic rings. The van der Waals surface area contributed by atoms with Gasteiger partial charge < -0.3 is 9.66 Å². The number of rotatable bonds is 2. The maximum atomic E-state index is 9.91. The zero-order valence-electron chi connectivity index (χ0n) is 12.7. The van der Waals surface area contributed by atoms with Crippen molar-refractivity contribution >= 4 is 12.0 Å². The van der Waals surface area contributed by atoms with E-state index >= 15 is 0 Å². The molecule has 1 aliphatic carbocycles. The van der Waals surface area contributed by atoms with Crippen LogP contribution in [0.15, 0.2) is 30.3 Å². The number of aryl methyl sites for hydroxylation is 3. The van der Waals surface area contributed by atoms with E-state index in [-0.39, 0.29) is 0 Å². The fraction of sp³-hybridized carbons (Fsp3) is 0.263. The molecule has 1 atom stereocenters. The molecular weight excluding hydrogens is 292 g/mol. The first-order valence-electron chi connectivity index (χ1n) is 7.25. The number of aromatic hydroxyl groups is 1. The summed E-state index contributed by atoms with van der Waals surface area (Å²) in [4.78, 5) is 0. The molecule has 0 aromatic heterocycles. The van der Waals surface area contributed by atoms with Crippen molar-refractivity contribution in [3.05, 3.63) is 52.6 Å². The SMILES string of the molecule is C#CC1(SO)CCc2cc(-c3cc(C)c(O)c(C)c3)ccc21. The molecule has 0 amide bonds. The van der Waals surface area contributed by atoms with Crippen molar-refractivity contribution in [1.82, 2.24) is 0 Å². The molecule has 3 rings (SSSR count). The fourth-order valence-corrected chi connectivity index (χ4v) is 3.76. The number of phenolic OH excluding ortho intramolecular Hbond substituents is 1. The lowest BCUT2D eigenvalue weighted by Crippen LogP contribution is -2.14. The summed E-state index contributed by atoms with van der Waals surface area (Å²) in [6, 6.07) is 10.2. The second-order valence-corrected chi connectivity index (χ2v) is 6.77. The number of hydrogen-bond donors (Lipinski definition) is 2. The molecule has 0 radical (unpaired) electrons. The maximum absolute atomic E-state index is 9.91. The lowest BCUT2D eigenvalue weighted by Gasteiger charge is -2.19. The van der Waals surface area contributed by atoms with E-state index < -0.39 is 4.75 Å². The highest BCUT2D eigenvalue weighted by atomic mass is 32.2. The van der Waals surface area contributed by atoms with E-state index in [2.05, 4.69) is 12.0 Å². The number of fused-ring (bicyclic) bond motifs is 1. The summed E-state index contributed by atoms with van der Waals surface area (Å²) < 4.78 is 9.00. The van der Waals surface area contributed by atoms with E-state index in [9.17, 15) is 9.66 Å². The standard InChI is InChI=1S/C19H18O2S/c1-4-19(22-21)8-7-15-11-14(5-6-17(15)19)16-9-12(2)18(20)13(3)10-16/h1,5-6,9-11,20-21H,7-8H2,2-3H3. The van der Waals surface area contributed by atoms with Crippen LogP contribution in [-0.2, 0) is 11.2 Å². The minimum absolute atomic E-state index is 0.355. The average molecular weight is 310 g/mol. The number of terminal acetylenes is 1.